The Balaban J connectivity index is 1.48. The standard InChI is InChI=1S/C31H43BN2O4S/c1-21-17-22(2)27(23(3)18-21)39(35,36)34-33-26-19-31(20-26,25-15-9-8-10-16-25)28(24-13-11-12-14-24)32-37-29(4,5)30(6,7)38-32/h8-10,15-18,24,28,34H,11-14,19-20H2,1-7H3. The molecular weight excluding hydrogens is 507 g/mol. The number of nitrogens with one attached hydrogen (secondary N) is 1. The van der Waals surface area contributed by atoms with Crippen molar-refractivity contribution in [2.75, 3.05) is 0 Å². The van der Waals surface area contributed by atoms with Crippen molar-refractivity contribution in [1.82, 2.24) is 4.83 Å². The molecule has 6 nitrogen and oxygen atoms in total. The van der Waals surface area contributed by atoms with Crippen molar-refractivity contribution in [3.8, 4) is 0 Å². The lowest BCUT2D eigenvalue weighted by molar-refractivity contribution is 0.00578. The second kappa shape index (κ2) is 10.0. The van der Waals surface area contributed by atoms with E-state index in [0.29, 0.717) is 23.7 Å². The highest BCUT2D eigenvalue weighted by Gasteiger charge is 2.63. The van der Waals surface area contributed by atoms with Gasteiger partial charge in [0.2, 0.25) is 0 Å². The van der Waals surface area contributed by atoms with Gasteiger partial charge in [0, 0.05) is 16.9 Å². The molecule has 0 bridgehead atoms. The third kappa shape index (κ3) is 5.09. The van der Waals surface area contributed by atoms with E-state index in [1.54, 1.807) is 0 Å². The molecule has 1 saturated heterocycles. The van der Waals surface area contributed by atoms with Crippen LogP contribution in [0.4, 0.5) is 0 Å². The zero-order chi connectivity index (χ0) is 28.2. The molecule has 0 radical (unpaired) electrons. The Labute approximate surface area is 235 Å². The van der Waals surface area contributed by atoms with E-state index in [9.17, 15) is 8.42 Å². The molecule has 1 N–H and O–H groups in total. The molecule has 0 amide bonds. The van der Waals surface area contributed by atoms with E-state index in [1.807, 2.05) is 39.0 Å². The first-order valence-electron chi connectivity index (χ1n) is 14.3. The number of rotatable bonds is 7. The Morgan fingerprint density at radius 3 is 2.00 bits per heavy atom. The van der Waals surface area contributed by atoms with Crippen molar-refractivity contribution >= 4 is 22.9 Å². The van der Waals surface area contributed by atoms with Crippen LogP contribution in [-0.2, 0) is 24.7 Å². The minimum Gasteiger partial charge on any atom is -0.403 e. The molecule has 5 rings (SSSR count). The van der Waals surface area contributed by atoms with E-state index in [-0.39, 0.29) is 18.4 Å². The van der Waals surface area contributed by atoms with Crippen LogP contribution in [0.15, 0.2) is 52.5 Å². The normalized spacial score (nSPS) is 25.4. The Morgan fingerprint density at radius 2 is 1.46 bits per heavy atom. The van der Waals surface area contributed by atoms with Gasteiger partial charge < -0.3 is 9.31 Å². The lowest BCUT2D eigenvalue weighted by Gasteiger charge is -2.51. The van der Waals surface area contributed by atoms with Crippen LogP contribution < -0.4 is 4.83 Å². The number of nitrogens with zero attached hydrogens (tertiary/aromatic N) is 1. The van der Waals surface area contributed by atoms with Crippen LogP contribution in [0.25, 0.3) is 0 Å². The van der Waals surface area contributed by atoms with Crippen LogP contribution in [0.3, 0.4) is 0 Å². The van der Waals surface area contributed by atoms with Crippen LogP contribution in [-0.4, -0.2) is 32.4 Å². The van der Waals surface area contributed by atoms with Gasteiger partial charge in [0.25, 0.3) is 10.0 Å². The van der Waals surface area contributed by atoms with E-state index >= 15 is 0 Å². The quantitative estimate of drug-likeness (QED) is 0.310. The molecule has 2 saturated carbocycles. The highest BCUT2D eigenvalue weighted by atomic mass is 32.2. The molecule has 3 aliphatic rings. The third-order valence-corrected chi connectivity index (χ3v) is 11.2. The number of benzene rings is 2. The van der Waals surface area contributed by atoms with Gasteiger partial charge in [-0.15, -0.1) is 0 Å². The molecule has 1 atom stereocenters. The Hall–Kier alpha value is -2.16. The fourth-order valence-corrected chi connectivity index (χ4v) is 8.51. The number of hydrogen-bond donors (Lipinski definition) is 1. The Morgan fingerprint density at radius 1 is 0.923 bits per heavy atom. The molecule has 39 heavy (non-hydrogen) atoms. The first-order chi connectivity index (χ1) is 18.3. The topological polar surface area (TPSA) is 77.0 Å². The summed E-state index contributed by atoms with van der Waals surface area (Å²) in [4.78, 5) is 2.88. The Kier molecular flexibility index (Phi) is 7.30. The van der Waals surface area contributed by atoms with Crippen molar-refractivity contribution in [1.29, 1.82) is 0 Å². The van der Waals surface area contributed by atoms with Gasteiger partial charge in [-0.3, -0.25) is 0 Å². The van der Waals surface area contributed by atoms with Crippen LogP contribution >= 0.6 is 0 Å². The lowest BCUT2D eigenvalue weighted by atomic mass is 9.43. The van der Waals surface area contributed by atoms with Crippen molar-refractivity contribution < 1.29 is 17.7 Å². The summed E-state index contributed by atoms with van der Waals surface area (Å²) in [7, 11) is -4.11. The minimum atomic E-state index is -3.78. The fourth-order valence-electron chi connectivity index (χ4n) is 7.20. The molecule has 210 valence electrons. The summed E-state index contributed by atoms with van der Waals surface area (Å²) in [5.41, 5.74) is 3.58. The maximum absolute atomic E-state index is 13.3. The molecule has 8 heteroatoms. The number of hydrazone groups is 1. The van der Waals surface area contributed by atoms with E-state index < -0.39 is 21.2 Å². The maximum atomic E-state index is 13.3. The highest BCUT2D eigenvalue weighted by molar-refractivity contribution is 7.89. The number of sulfonamides is 1. The first kappa shape index (κ1) is 28.4. The van der Waals surface area contributed by atoms with Crippen LogP contribution in [0.1, 0.15) is 88.5 Å². The Bertz CT molecular complexity index is 1320. The van der Waals surface area contributed by atoms with Gasteiger partial charge in [-0.1, -0.05) is 73.7 Å². The third-order valence-electron chi connectivity index (χ3n) is 9.70. The van der Waals surface area contributed by atoms with Gasteiger partial charge in [0.15, 0.2) is 0 Å². The summed E-state index contributed by atoms with van der Waals surface area (Å²) in [5, 5.41) is 4.49. The first-order valence-corrected chi connectivity index (χ1v) is 15.8. The van der Waals surface area contributed by atoms with Crippen molar-refractivity contribution in [2.24, 2.45) is 11.0 Å². The average molecular weight is 551 g/mol. The number of aryl methyl sites for hydroxylation is 3. The van der Waals surface area contributed by atoms with E-state index in [1.165, 1.54) is 18.4 Å². The van der Waals surface area contributed by atoms with Crippen LogP contribution in [0, 0.1) is 26.7 Å². The zero-order valence-corrected chi connectivity index (χ0v) is 25.3. The summed E-state index contributed by atoms with van der Waals surface area (Å²) in [6, 6.07) is 14.4. The monoisotopic (exact) mass is 550 g/mol. The molecule has 1 heterocycles. The van der Waals surface area contributed by atoms with Gasteiger partial charge in [-0.2, -0.15) is 13.5 Å². The van der Waals surface area contributed by atoms with Crippen molar-refractivity contribution in [3.63, 3.8) is 0 Å². The van der Waals surface area contributed by atoms with Gasteiger partial charge in [-0.05, 0) is 83.9 Å². The molecule has 0 aromatic heterocycles. The van der Waals surface area contributed by atoms with Crippen LogP contribution in [0.2, 0.25) is 5.82 Å². The van der Waals surface area contributed by atoms with E-state index in [2.05, 4.69) is 61.9 Å². The zero-order valence-electron chi connectivity index (χ0n) is 24.5. The van der Waals surface area contributed by atoms with Crippen molar-refractivity contribution in [2.45, 2.75) is 114 Å². The predicted octanol–water partition coefficient (Wildman–Crippen LogP) is 6.63. The summed E-state index contributed by atoms with van der Waals surface area (Å²) < 4.78 is 40.0. The summed E-state index contributed by atoms with van der Waals surface area (Å²) in [6.45, 7) is 14.1. The van der Waals surface area contributed by atoms with Gasteiger partial charge >= 0.3 is 7.12 Å². The minimum absolute atomic E-state index is 0.153. The SMILES string of the molecule is Cc1cc(C)c(S(=O)(=O)NN=C2CC(c3ccccc3)(C(B3OC(C)(C)C(C)(C)O3)C3CCCC3)C2)c(C)c1. The maximum Gasteiger partial charge on any atom is 0.462 e. The van der Waals surface area contributed by atoms with Crippen molar-refractivity contribution in [3.05, 3.63) is 64.7 Å². The molecule has 1 aliphatic heterocycles. The van der Waals surface area contributed by atoms with Gasteiger partial charge in [-0.25, -0.2) is 4.83 Å². The predicted molar refractivity (Wildman–Crippen MR) is 158 cm³/mol. The highest BCUT2D eigenvalue weighted by Crippen LogP contribution is 2.60. The molecule has 2 aliphatic carbocycles. The average Bonchev–Trinajstić information content (AvgIpc) is 3.40. The molecule has 0 spiro atoms. The summed E-state index contributed by atoms with van der Waals surface area (Å²) >= 11 is 0. The molecular formula is C31H43BN2O4S. The second-order valence-electron chi connectivity index (χ2n) is 13.1. The van der Waals surface area contributed by atoms with Gasteiger partial charge in [0.1, 0.15) is 0 Å². The lowest BCUT2D eigenvalue weighted by Crippen LogP contribution is -2.53. The van der Waals surface area contributed by atoms with Gasteiger partial charge in [0.05, 0.1) is 16.1 Å². The molecule has 2 aromatic carbocycles. The van der Waals surface area contributed by atoms with E-state index in [4.69, 9.17) is 9.31 Å². The molecule has 1 unspecified atom stereocenters. The molecule has 3 fully saturated rings. The smallest absolute Gasteiger partial charge is 0.403 e. The molecule has 2 aromatic rings. The summed E-state index contributed by atoms with van der Waals surface area (Å²) in [6.07, 6.45) is 6.12. The van der Waals surface area contributed by atoms with E-state index in [0.717, 1.165) is 35.2 Å². The summed E-state index contributed by atoms with van der Waals surface area (Å²) in [5.74, 6) is 0.636. The fraction of sp³-hybridized carbons (Fsp3) is 0.581. The second-order valence-corrected chi connectivity index (χ2v) is 14.7. The van der Waals surface area contributed by atoms with Crippen LogP contribution in [0.5, 0.6) is 0 Å². The number of hydrogen-bond acceptors (Lipinski definition) is 5. The largest absolute Gasteiger partial charge is 0.462 e.